The number of hydrogen-bond acceptors (Lipinski definition) is 4. The minimum atomic E-state index is -3.80. The van der Waals surface area contributed by atoms with Gasteiger partial charge in [0.25, 0.3) is 0 Å². The van der Waals surface area contributed by atoms with Gasteiger partial charge in [-0.3, -0.25) is 9.59 Å². The molecular weight excluding hydrogens is 284 g/mol. The van der Waals surface area contributed by atoms with Crippen molar-refractivity contribution in [2.45, 2.75) is 43.9 Å². The number of carboxylic acid groups (broad SMARTS) is 1. The van der Waals surface area contributed by atoms with Crippen molar-refractivity contribution in [3.8, 4) is 0 Å². The molecule has 2 fully saturated rings. The molecule has 2 N–H and O–H groups in total. The van der Waals surface area contributed by atoms with E-state index in [1.807, 2.05) is 0 Å². The van der Waals surface area contributed by atoms with Crippen molar-refractivity contribution in [2.75, 3.05) is 13.1 Å². The van der Waals surface area contributed by atoms with Crippen molar-refractivity contribution in [3.05, 3.63) is 0 Å². The van der Waals surface area contributed by atoms with Gasteiger partial charge in [0.15, 0.2) is 5.25 Å². The Morgan fingerprint density at radius 1 is 1.20 bits per heavy atom. The van der Waals surface area contributed by atoms with E-state index in [2.05, 4.69) is 5.32 Å². The number of sulfonamides is 1. The van der Waals surface area contributed by atoms with E-state index in [1.165, 1.54) is 11.2 Å². The number of carboxylic acids is 1. The third-order valence-electron chi connectivity index (χ3n) is 3.90. The zero-order valence-corrected chi connectivity index (χ0v) is 12.2. The fourth-order valence-electron chi connectivity index (χ4n) is 2.27. The SMILES string of the molecule is CC(C(=O)O)S(=O)(=O)N1CCC(NC(=O)C2CC2)CC1. The van der Waals surface area contributed by atoms with Gasteiger partial charge in [-0.05, 0) is 32.6 Å². The average Bonchev–Trinajstić information content (AvgIpc) is 3.22. The zero-order chi connectivity index (χ0) is 14.9. The number of carbonyl (C=O) groups is 2. The van der Waals surface area contributed by atoms with Crippen molar-refractivity contribution in [2.24, 2.45) is 5.92 Å². The normalized spacial score (nSPS) is 23.2. The van der Waals surface area contributed by atoms with Crippen molar-refractivity contribution in [1.82, 2.24) is 9.62 Å². The van der Waals surface area contributed by atoms with E-state index < -0.39 is 21.2 Å². The first kappa shape index (κ1) is 15.2. The molecule has 0 aromatic carbocycles. The summed E-state index contributed by atoms with van der Waals surface area (Å²) in [6.45, 7) is 1.70. The van der Waals surface area contributed by atoms with Crippen LogP contribution in [-0.2, 0) is 19.6 Å². The van der Waals surface area contributed by atoms with Gasteiger partial charge in [-0.1, -0.05) is 0 Å². The minimum absolute atomic E-state index is 0.00492. The van der Waals surface area contributed by atoms with Crippen LogP contribution < -0.4 is 5.32 Å². The van der Waals surface area contributed by atoms with Crippen LogP contribution in [0.4, 0.5) is 0 Å². The monoisotopic (exact) mass is 304 g/mol. The molecule has 20 heavy (non-hydrogen) atoms. The average molecular weight is 304 g/mol. The van der Waals surface area contributed by atoms with Crippen LogP contribution in [0.1, 0.15) is 32.6 Å². The molecule has 7 nitrogen and oxygen atoms in total. The molecule has 8 heteroatoms. The van der Waals surface area contributed by atoms with Crippen LogP contribution in [0.2, 0.25) is 0 Å². The Hall–Kier alpha value is -1.15. The molecule has 1 aliphatic carbocycles. The summed E-state index contributed by atoms with van der Waals surface area (Å²) in [7, 11) is -3.80. The summed E-state index contributed by atoms with van der Waals surface area (Å²) in [4.78, 5) is 22.4. The first-order valence-electron chi connectivity index (χ1n) is 6.84. The molecule has 0 bridgehead atoms. The van der Waals surface area contributed by atoms with Gasteiger partial charge in [-0.2, -0.15) is 0 Å². The Balaban J connectivity index is 1.87. The van der Waals surface area contributed by atoms with Gasteiger partial charge in [0, 0.05) is 25.0 Å². The molecule has 1 saturated heterocycles. The lowest BCUT2D eigenvalue weighted by Crippen LogP contribution is -2.49. The van der Waals surface area contributed by atoms with E-state index in [0.717, 1.165) is 12.8 Å². The molecule has 0 aromatic heterocycles. The molecule has 0 aromatic rings. The van der Waals surface area contributed by atoms with Crippen LogP contribution in [0.25, 0.3) is 0 Å². The maximum Gasteiger partial charge on any atom is 0.323 e. The first-order chi connectivity index (χ1) is 9.32. The second kappa shape index (κ2) is 5.69. The van der Waals surface area contributed by atoms with Gasteiger partial charge in [0.05, 0.1) is 0 Å². The molecule has 1 amide bonds. The maximum atomic E-state index is 12.0. The van der Waals surface area contributed by atoms with E-state index in [-0.39, 0.29) is 31.0 Å². The van der Waals surface area contributed by atoms with Gasteiger partial charge < -0.3 is 10.4 Å². The number of nitrogens with one attached hydrogen (secondary N) is 1. The fraction of sp³-hybridized carbons (Fsp3) is 0.833. The summed E-state index contributed by atoms with van der Waals surface area (Å²) in [5.74, 6) is -1.14. The molecule has 1 unspecified atom stereocenters. The van der Waals surface area contributed by atoms with Crippen LogP contribution >= 0.6 is 0 Å². The van der Waals surface area contributed by atoms with Crippen molar-refractivity contribution in [1.29, 1.82) is 0 Å². The molecule has 1 aliphatic heterocycles. The van der Waals surface area contributed by atoms with Crippen molar-refractivity contribution < 1.29 is 23.1 Å². The lowest BCUT2D eigenvalue weighted by atomic mass is 10.1. The highest BCUT2D eigenvalue weighted by Crippen LogP contribution is 2.29. The van der Waals surface area contributed by atoms with E-state index >= 15 is 0 Å². The highest BCUT2D eigenvalue weighted by atomic mass is 32.2. The third-order valence-corrected chi connectivity index (χ3v) is 6.08. The molecule has 114 valence electrons. The van der Waals surface area contributed by atoms with Crippen molar-refractivity contribution in [3.63, 3.8) is 0 Å². The highest BCUT2D eigenvalue weighted by molar-refractivity contribution is 7.90. The Morgan fingerprint density at radius 3 is 2.20 bits per heavy atom. The number of rotatable bonds is 5. The van der Waals surface area contributed by atoms with E-state index in [1.54, 1.807) is 0 Å². The number of nitrogens with zero attached hydrogens (tertiary/aromatic N) is 1. The second-order valence-corrected chi connectivity index (χ2v) is 7.74. The predicted molar refractivity (Wildman–Crippen MR) is 71.5 cm³/mol. The van der Waals surface area contributed by atoms with E-state index in [4.69, 9.17) is 5.11 Å². The summed E-state index contributed by atoms with van der Waals surface area (Å²) in [6, 6.07) is -0.00492. The van der Waals surface area contributed by atoms with Gasteiger partial charge in [-0.25, -0.2) is 12.7 Å². The quantitative estimate of drug-likeness (QED) is 0.731. The lowest BCUT2D eigenvalue weighted by molar-refractivity contribution is -0.136. The Labute approximate surface area is 118 Å². The first-order valence-corrected chi connectivity index (χ1v) is 8.35. The number of carbonyl (C=O) groups excluding carboxylic acids is 1. The lowest BCUT2D eigenvalue weighted by Gasteiger charge is -2.32. The van der Waals surface area contributed by atoms with Gasteiger partial charge in [0.1, 0.15) is 0 Å². The summed E-state index contributed by atoms with van der Waals surface area (Å²) < 4.78 is 25.3. The molecule has 2 aliphatic rings. The van der Waals surface area contributed by atoms with Crippen LogP contribution in [0.3, 0.4) is 0 Å². The summed E-state index contributed by atoms with van der Waals surface area (Å²) in [5, 5.41) is 10.3. The topological polar surface area (TPSA) is 104 Å². The van der Waals surface area contributed by atoms with Gasteiger partial charge >= 0.3 is 5.97 Å². The van der Waals surface area contributed by atoms with E-state index in [9.17, 15) is 18.0 Å². The van der Waals surface area contributed by atoms with Crippen molar-refractivity contribution >= 4 is 21.9 Å². The molecule has 0 spiro atoms. The van der Waals surface area contributed by atoms with Gasteiger partial charge in [0.2, 0.25) is 15.9 Å². The van der Waals surface area contributed by atoms with Gasteiger partial charge in [-0.15, -0.1) is 0 Å². The second-order valence-electron chi connectivity index (χ2n) is 5.48. The smallest absolute Gasteiger partial charge is 0.323 e. The molecule has 1 saturated carbocycles. The van der Waals surface area contributed by atoms with Crippen LogP contribution in [0.15, 0.2) is 0 Å². The molecule has 1 heterocycles. The zero-order valence-electron chi connectivity index (χ0n) is 11.4. The number of amides is 1. The molecular formula is C12H20N2O5S. The van der Waals surface area contributed by atoms with Crippen LogP contribution in [0, 0.1) is 5.92 Å². The highest BCUT2D eigenvalue weighted by Gasteiger charge is 2.37. The standard InChI is InChI=1S/C12H20N2O5S/c1-8(12(16)17)20(18,19)14-6-4-10(5-7-14)13-11(15)9-2-3-9/h8-10H,2-7H2,1H3,(H,13,15)(H,16,17). The number of aliphatic carboxylic acids is 1. The maximum absolute atomic E-state index is 12.0. The number of hydrogen-bond donors (Lipinski definition) is 2. The molecule has 2 rings (SSSR count). The summed E-state index contributed by atoms with van der Waals surface area (Å²) >= 11 is 0. The summed E-state index contributed by atoms with van der Waals surface area (Å²) in [6.07, 6.45) is 2.94. The molecule has 1 atom stereocenters. The van der Waals surface area contributed by atoms with Crippen LogP contribution in [-0.4, -0.2) is 54.1 Å². The Morgan fingerprint density at radius 2 is 1.75 bits per heavy atom. The van der Waals surface area contributed by atoms with Crippen LogP contribution in [0.5, 0.6) is 0 Å². The fourth-order valence-corrected chi connectivity index (χ4v) is 3.69. The Bertz CT molecular complexity index is 492. The number of piperidine rings is 1. The summed E-state index contributed by atoms with van der Waals surface area (Å²) in [5.41, 5.74) is 0. The third kappa shape index (κ3) is 3.29. The molecule has 0 radical (unpaired) electrons. The largest absolute Gasteiger partial charge is 0.480 e. The Kier molecular flexibility index (Phi) is 4.33. The predicted octanol–water partition coefficient (Wildman–Crippen LogP) is -0.220. The van der Waals surface area contributed by atoms with E-state index in [0.29, 0.717) is 12.8 Å². The minimum Gasteiger partial charge on any atom is -0.480 e.